The highest BCUT2D eigenvalue weighted by Crippen LogP contribution is 2.18. The van der Waals surface area contributed by atoms with Crippen molar-refractivity contribution in [1.82, 2.24) is 0 Å². The molecule has 1 aliphatic rings. The van der Waals surface area contributed by atoms with E-state index in [0.29, 0.717) is 18.1 Å². The first-order chi connectivity index (χ1) is 5.33. The Labute approximate surface area is 70.1 Å². The molecular weight excluding hydrogens is 164 g/mol. The van der Waals surface area contributed by atoms with Crippen LogP contribution in [0.1, 0.15) is 6.42 Å². The van der Waals surface area contributed by atoms with Gasteiger partial charge in [-0.05, 0) is 0 Å². The summed E-state index contributed by atoms with van der Waals surface area (Å²) in [6.45, 7) is 1.54. The van der Waals surface area contributed by atoms with Crippen LogP contribution in [0.15, 0.2) is 0 Å². The number of aliphatic hydroxyl groups excluding tert-OH is 1. The average Bonchev–Trinajstić information content (AvgIpc) is 1.93. The number of hydrogen-bond acceptors (Lipinski definition) is 4. The second kappa shape index (κ2) is 4.74. The van der Waals surface area contributed by atoms with Crippen LogP contribution in [0, 0.1) is 5.92 Å². The van der Waals surface area contributed by atoms with Crippen LogP contribution in [0.3, 0.4) is 0 Å². The summed E-state index contributed by atoms with van der Waals surface area (Å²) in [4.78, 5) is 11.0. The number of carbonyl (C=O) groups excluding carboxylic acids is 1. The van der Waals surface area contributed by atoms with E-state index in [0.717, 1.165) is 13.2 Å². The van der Waals surface area contributed by atoms with Gasteiger partial charge in [0.15, 0.2) is 5.12 Å². The SMILES string of the molecule is O=C(CC1COC1)SCCO. The molecule has 0 spiro atoms. The average molecular weight is 176 g/mol. The summed E-state index contributed by atoms with van der Waals surface area (Å²) >= 11 is 1.21. The molecule has 1 aliphatic heterocycles. The zero-order chi connectivity index (χ0) is 8.10. The van der Waals surface area contributed by atoms with Crippen LogP contribution in [0.4, 0.5) is 0 Å². The van der Waals surface area contributed by atoms with Crippen LogP contribution < -0.4 is 0 Å². The Morgan fingerprint density at radius 1 is 1.64 bits per heavy atom. The molecule has 0 radical (unpaired) electrons. The second-order valence-corrected chi connectivity index (χ2v) is 3.70. The first kappa shape index (κ1) is 9.03. The van der Waals surface area contributed by atoms with E-state index in [9.17, 15) is 4.79 Å². The lowest BCUT2D eigenvalue weighted by Crippen LogP contribution is -2.29. The Morgan fingerprint density at radius 2 is 2.36 bits per heavy atom. The van der Waals surface area contributed by atoms with Crippen molar-refractivity contribution in [2.75, 3.05) is 25.6 Å². The van der Waals surface area contributed by atoms with E-state index in [-0.39, 0.29) is 11.7 Å². The number of hydrogen-bond donors (Lipinski definition) is 1. The molecule has 0 saturated carbocycles. The highest BCUT2D eigenvalue weighted by Gasteiger charge is 2.21. The molecule has 0 aromatic heterocycles. The summed E-state index contributed by atoms with van der Waals surface area (Å²) in [5.41, 5.74) is 0. The topological polar surface area (TPSA) is 46.5 Å². The van der Waals surface area contributed by atoms with Crippen LogP contribution in [0.2, 0.25) is 0 Å². The molecule has 0 atom stereocenters. The first-order valence-corrected chi connectivity index (χ1v) is 4.65. The van der Waals surface area contributed by atoms with Crippen molar-refractivity contribution >= 4 is 16.9 Å². The van der Waals surface area contributed by atoms with E-state index < -0.39 is 0 Å². The van der Waals surface area contributed by atoms with E-state index in [1.165, 1.54) is 11.8 Å². The summed E-state index contributed by atoms with van der Waals surface area (Å²) in [5.74, 6) is 0.959. The Morgan fingerprint density at radius 3 is 2.82 bits per heavy atom. The Hall–Kier alpha value is -0.0600. The van der Waals surface area contributed by atoms with E-state index in [1.54, 1.807) is 0 Å². The lowest BCUT2D eigenvalue weighted by atomic mass is 10.1. The molecule has 0 unspecified atom stereocenters. The molecule has 1 heterocycles. The van der Waals surface area contributed by atoms with Gasteiger partial charge in [0.1, 0.15) is 0 Å². The molecule has 1 rings (SSSR count). The molecule has 64 valence electrons. The minimum atomic E-state index is 0.0809. The monoisotopic (exact) mass is 176 g/mol. The van der Waals surface area contributed by atoms with E-state index in [4.69, 9.17) is 9.84 Å². The molecule has 0 amide bonds. The summed E-state index contributed by atoms with van der Waals surface area (Å²) < 4.78 is 4.93. The predicted octanol–water partition coefficient (Wildman–Crippen LogP) is 0.275. The highest BCUT2D eigenvalue weighted by molar-refractivity contribution is 8.13. The number of thioether (sulfide) groups is 1. The van der Waals surface area contributed by atoms with E-state index in [1.807, 2.05) is 0 Å². The van der Waals surface area contributed by atoms with E-state index in [2.05, 4.69) is 0 Å². The van der Waals surface area contributed by atoms with Gasteiger partial charge in [-0.25, -0.2) is 0 Å². The highest BCUT2D eigenvalue weighted by atomic mass is 32.2. The Balaban J connectivity index is 2.00. The summed E-state index contributed by atoms with van der Waals surface area (Å²) in [5, 5.41) is 8.60. The quantitative estimate of drug-likeness (QED) is 0.668. The van der Waals surface area contributed by atoms with Gasteiger partial charge in [-0.1, -0.05) is 11.8 Å². The summed E-state index contributed by atoms with van der Waals surface area (Å²) in [6, 6.07) is 0. The van der Waals surface area contributed by atoms with Crippen molar-refractivity contribution in [3.8, 4) is 0 Å². The molecule has 0 aromatic rings. The molecule has 1 fully saturated rings. The fraction of sp³-hybridized carbons (Fsp3) is 0.857. The van der Waals surface area contributed by atoms with Crippen molar-refractivity contribution in [2.24, 2.45) is 5.92 Å². The van der Waals surface area contributed by atoms with Crippen molar-refractivity contribution in [3.63, 3.8) is 0 Å². The van der Waals surface area contributed by atoms with Gasteiger partial charge in [-0.3, -0.25) is 4.79 Å². The number of ether oxygens (including phenoxy) is 1. The van der Waals surface area contributed by atoms with Crippen molar-refractivity contribution < 1.29 is 14.6 Å². The molecule has 4 heteroatoms. The fourth-order valence-corrected chi connectivity index (χ4v) is 1.53. The minimum absolute atomic E-state index is 0.0809. The van der Waals surface area contributed by atoms with Crippen LogP contribution in [-0.4, -0.2) is 35.8 Å². The van der Waals surface area contributed by atoms with Crippen molar-refractivity contribution in [1.29, 1.82) is 0 Å². The lowest BCUT2D eigenvalue weighted by Gasteiger charge is -2.24. The third kappa shape index (κ3) is 3.22. The molecule has 1 saturated heterocycles. The molecule has 3 nitrogen and oxygen atoms in total. The lowest BCUT2D eigenvalue weighted by molar-refractivity contribution is -0.116. The number of carbonyl (C=O) groups is 1. The molecule has 11 heavy (non-hydrogen) atoms. The van der Waals surface area contributed by atoms with Crippen LogP contribution >= 0.6 is 11.8 Å². The van der Waals surface area contributed by atoms with Gasteiger partial charge in [0.05, 0.1) is 19.8 Å². The van der Waals surface area contributed by atoms with Crippen LogP contribution in [0.25, 0.3) is 0 Å². The van der Waals surface area contributed by atoms with Gasteiger partial charge < -0.3 is 9.84 Å². The first-order valence-electron chi connectivity index (χ1n) is 3.67. The molecular formula is C7H12O3S. The van der Waals surface area contributed by atoms with Gasteiger partial charge in [0, 0.05) is 18.1 Å². The van der Waals surface area contributed by atoms with Gasteiger partial charge in [-0.15, -0.1) is 0 Å². The molecule has 0 aromatic carbocycles. The van der Waals surface area contributed by atoms with Crippen molar-refractivity contribution in [2.45, 2.75) is 6.42 Å². The fourth-order valence-electron chi connectivity index (χ4n) is 0.856. The maximum absolute atomic E-state index is 11.0. The Bertz CT molecular complexity index is 134. The molecule has 1 N–H and O–H groups in total. The zero-order valence-electron chi connectivity index (χ0n) is 6.28. The summed E-state index contributed by atoms with van der Waals surface area (Å²) in [6.07, 6.45) is 0.602. The second-order valence-electron chi connectivity index (χ2n) is 2.55. The summed E-state index contributed by atoms with van der Waals surface area (Å²) in [7, 11) is 0. The number of rotatable bonds is 4. The smallest absolute Gasteiger partial charge is 0.189 e. The van der Waals surface area contributed by atoms with Gasteiger partial charge in [0.2, 0.25) is 0 Å². The van der Waals surface area contributed by atoms with Crippen LogP contribution in [-0.2, 0) is 9.53 Å². The number of aliphatic hydroxyl groups is 1. The van der Waals surface area contributed by atoms with Gasteiger partial charge in [0.25, 0.3) is 0 Å². The third-order valence-electron chi connectivity index (χ3n) is 1.52. The molecule has 0 aliphatic carbocycles. The van der Waals surface area contributed by atoms with Gasteiger partial charge in [-0.2, -0.15) is 0 Å². The van der Waals surface area contributed by atoms with E-state index >= 15 is 0 Å². The van der Waals surface area contributed by atoms with Crippen LogP contribution in [0.5, 0.6) is 0 Å². The minimum Gasteiger partial charge on any atom is -0.396 e. The van der Waals surface area contributed by atoms with Gasteiger partial charge >= 0.3 is 0 Å². The van der Waals surface area contributed by atoms with Crippen molar-refractivity contribution in [3.05, 3.63) is 0 Å². The standard InChI is InChI=1S/C7H12O3S/c8-1-2-11-7(9)3-6-4-10-5-6/h6,8H,1-5H2. The maximum Gasteiger partial charge on any atom is 0.189 e. The maximum atomic E-state index is 11.0. The molecule has 0 bridgehead atoms. The largest absolute Gasteiger partial charge is 0.396 e. The Kier molecular flexibility index (Phi) is 3.90. The zero-order valence-corrected chi connectivity index (χ0v) is 7.10. The normalized spacial score (nSPS) is 17.9. The predicted molar refractivity (Wildman–Crippen MR) is 43.5 cm³/mol. The third-order valence-corrected chi connectivity index (χ3v) is 2.39.